The molecule has 1 N–H and O–H groups in total. The molecule has 0 heterocycles. The highest BCUT2D eigenvalue weighted by atomic mass is 16.6. The van der Waals surface area contributed by atoms with E-state index in [9.17, 15) is 9.59 Å². The van der Waals surface area contributed by atoms with Gasteiger partial charge in [-0.3, -0.25) is 0 Å². The Bertz CT molecular complexity index is 479. The van der Waals surface area contributed by atoms with E-state index in [0.717, 1.165) is 0 Å². The Hall–Kier alpha value is -2.24. The van der Waals surface area contributed by atoms with E-state index in [1.807, 2.05) is 0 Å². The first-order chi connectivity index (χ1) is 9.31. The minimum absolute atomic E-state index is 0.285. The molecular formula is C14H19NO5. The second-order valence-corrected chi connectivity index (χ2v) is 4.98. The zero-order chi connectivity index (χ0) is 15.2. The van der Waals surface area contributed by atoms with E-state index in [1.54, 1.807) is 45.0 Å². The van der Waals surface area contributed by atoms with Gasteiger partial charge in [-0.15, -0.1) is 0 Å². The zero-order valence-corrected chi connectivity index (χ0v) is 12.1. The smallest absolute Gasteiger partial charge is 0.408 e. The zero-order valence-electron chi connectivity index (χ0n) is 12.1. The third-order valence-electron chi connectivity index (χ3n) is 2.07. The Morgan fingerprint density at radius 2 is 1.75 bits per heavy atom. The van der Waals surface area contributed by atoms with Crippen molar-refractivity contribution < 1.29 is 23.8 Å². The Kier molecular flexibility index (Phi) is 5.37. The van der Waals surface area contributed by atoms with Gasteiger partial charge in [0, 0.05) is 0 Å². The van der Waals surface area contributed by atoms with Gasteiger partial charge in [-0.05, 0) is 32.9 Å². The van der Waals surface area contributed by atoms with Crippen molar-refractivity contribution in [3.8, 4) is 11.5 Å². The molecular weight excluding hydrogens is 262 g/mol. The maximum absolute atomic E-state index is 11.6. The number of carbonyl (C=O) groups is 2. The van der Waals surface area contributed by atoms with Crippen molar-refractivity contribution in [2.45, 2.75) is 26.4 Å². The molecule has 0 aromatic heterocycles. The highest BCUT2D eigenvalue weighted by Gasteiger charge is 2.17. The van der Waals surface area contributed by atoms with E-state index in [-0.39, 0.29) is 6.54 Å². The summed E-state index contributed by atoms with van der Waals surface area (Å²) < 4.78 is 15.1. The van der Waals surface area contributed by atoms with Gasteiger partial charge in [-0.25, -0.2) is 9.59 Å². The van der Waals surface area contributed by atoms with E-state index in [1.165, 1.54) is 7.11 Å². The largest absolute Gasteiger partial charge is 0.493 e. The molecule has 0 unspecified atom stereocenters. The van der Waals surface area contributed by atoms with Gasteiger partial charge in [-0.2, -0.15) is 0 Å². The van der Waals surface area contributed by atoms with Crippen LogP contribution in [0.2, 0.25) is 0 Å². The maximum atomic E-state index is 11.6. The van der Waals surface area contributed by atoms with Crippen LogP contribution in [0.5, 0.6) is 11.5 Å². The van der Waals surface area contributed by atoms with Crippen LogP contribution in [0.4, 0.5) is 4.79 Å². The van der Waals surface area contributed by atoms with Crippen molar-refractivity contribution in [1.29, 1.82) is 0 Å². The first-order valence-electron chi connectivity index (χ1n) is 6.12. The minimum Gasteiger partial charge on any atom is -0.493 e. The number of alkyl carbamates (subject to hydrolysis) is 1. The van der Waals surface area contributed by atoms with Crippen LogP contribution in [0, 0.1) is 0 Å². The molecule has 6 heteroatoms. The van der Waals surface area contributed by atoms with E-state index < -0.39 is 17.7 Å². The van der Waals surface area contributed by atoms with Crippen LogP contribution in [0.15, 0.2) is 24.3 Å². The van der Waals surface area contributed by atoms with Crippen molar-refractivity contribution >= 4 is 12.1 Å². The lowest BCUT2D eigenvalue weighted by atomic mass is 10.2. The van der Waals surface area contributed by atoms with Crippen LogP contribution < -0.4 is 14.8 Å². The molecule has 0 aliphatic rings. The van der Waals surface area contributed by atoms with Gasteiger partial charge in [0.1, 0.15) is 12.1 Å². The Labute approximate surface area is 118 Å². The molecule has 0 spiro atoms. The number of rotatable bonds is 4. The van der Waals surface area contributed by atoms with Crippen molar-refractivity contribution in [3.05, 3.63) is 24.3 Å². The molecule has 1 rings (SSSR count). The minimum atomic E-state index is -0.672. The molecule has 0 atom stereocenters. The molecule has 110 valence electrons. The van der Waals surface area contributed by atoms with Gasteiger partial charge in [0.25, 0.3) is 0 Å². The van der Waals surface area contributed by atoms with Crippen LogP contribution in [0.25, 0.3) is 0 Å². The summed E-state index contributed by atoms with van der Waals surface area (Å²) >= 11 is 0. The van der Waals surface area contributed by atoms with E-state index in [2.05, 4.69) is 5.32 Å². The van der Waals surface area contributed by atoms with Crippen molar-refractivity contribution in [3.63, 3.8) is 0 Å². The topological polar surface area (TPSA) is 73.9 Å². The molecule has 1 aromatic carbocycles. The number of hydrogen-bond donors (Lipinski definition) is 1. The Balaban J connectivity index is 2.46. The maximum Gasteiger partial charge on any atom is 0.408 e. The first kappa shape index (κ1) is 15.8. The van der Waals surface area contributed by atoms with E-state index >= 15 is 0 Å². The third kappa shape index (κ3) is 5.60. The number of hydrogen-bond acceptors (Lipinski definition) is 5. The average Bonchev–Trinajstić information content (AvgIpc) is 2.35. The molecule has 1 aromatic rings. The standard InChI is InChI=1S/C14H19NO5/c1-14(2,3)20-13(17)15-9-12(16)19-11-8-6-5-7-10(11)18-4/h5-8H,9H2,1-4H3,(H,15,17). The molecule has 0 aliphatic heterocycles. The van der Waals surface area contributed by atoms with Gasteiger partial charge in [0.15, 0.2) is 11.5 Å². The van der Waals surface area contributed by atoms with Crippen molar-refractivity contribution in [1.82, 2.24) is 5.32 Å². The lowest BCUT2D eigenvalue weighted by Gasteiger charge is -2.19. The Morgan fingerprint density at radius 1 is 1.15 bits per heavy atom. The van der Waals surface area contributed by atoms with Gasteiger partial charge in [-0.1, -0.05) is 12.1 Å². The molecule has 0 saturated carbocycles. The predicted molar refractivity (Wildman–Crippen MR) is 72.9 cm³/mol. The second kappa shape index (κ2) is 6.79. The number of methoxy groups -OCH3 is 1. The quantitative estimate of drug-likeness (QED) is 0.676. The van der Waals surface area contributed by atoms with Crippen molar-refractivity contribution in [2.24, 2.45) is 0 Å². The molecule has 0 bridgehead atoms. The molecule has 1 amide bonds. The normalized spacial score (nSPS) is 10.6. The molecule has 0 aliphatic carbocycles. The summed E-state index contributed by atoms with van der Waals surface area (Å²) in [4.78, 5) is 23.0. The number of carbonyl (C=O) groups excluding carboxylic acids is 2. The van der Waals surface area contributed by atoms with Crippen LogP contribution in [-0.2, 0) is 9.53 Å². The summed E-state index contributed by atoms with van der Waals surface area (Å²) in [6, 6.07) is 6.75. The number of esters is 1. The van der Waals surface area contributed by atoms with Gasteiger partial charge >= 0.3 is 12.1 Å². The highest BCUT2D eigenvalue weighted by molar-refractivity contribution is 5.80. The summed E-state index contributed by atoms with van der Waals surface area (Å²) in [7, 11) is 1.48. The molecule has 0 saturated heterocycles. The van der Waals surface area contributed by atoms with Crippen LogP contribution in [-0.4, -0.2) is 31.3 Å². The van der Waals surface area contributed by atoms with Crippen LogP contribution in [0.3, 0.4) is 0 Å². The lowest BCUT2D eigenvalue weighted by Crippen LogP contribution is -2.36. The summed E-state index contributed by atoms with van der Waals surface area (Å²) in [5, 5.41) is 2.32. The van der Waals surface area contributed by atoms with Crippen molar-refractivity contribution in [2.75, 3.05) is 13.7 Å². The predicted octanol–water partition coefficient (Wildman–Crippen LogP) is 2.13. The SMILES string of the molecule is COc1ccccc1OC(=O)CNC(=O)OC(C)(C)C. The van der Waals surface area contributed by atoms with Gasteiger partial charge in [0.05, 0.1) is 7.11 Å². The summed E-state index contributed by atoms with van der Waals surface area (Å²) in [6.45, 7) is 4.92. The number of amides is 1. The second-order valence-electron chi connectivity index (χ2n) is 4.98. The fourth-order valence-electron chi connectivity index (χ4n) is 1.32. The molecule has 0 radical (unpaired) electrons. The lowest BCUT2D eigenvalue weighted by molar-refractivity contribution is -0.133. The fourth-order valence-corrected chi connectivity index (χ4v) is 1.32. The average molecular weight is 281 g/mol. The van der Waals surface area contributed by atoms with E-state index in [0.29, 0.717) is 11.5 Å². The van der Waals surface area contributed by atoms with E-state index in [4.69, 9.17) is 14.2 Å². The fraction of sp³-hybridized carbons (Fsp3) is 0.429. The molecule has 0 fully saturated rings. The number of ether oxygens (including phenoxy) is 3. The molecule has 6 nitrogen and oxygen atoms in total. The first-order valence-corrected chi connectivity index (χ1v) is 6.12. The van der Waals surface area contributed by atoms with Crippen LogP contribution >= 0.6 is 0 Å². The summed E-state index contributed by atoms with van der Waals surface area (Å²) in [5.41, 5.74) is -0.614. The number of benzene rings is 1. The van der Waals surface area contributed by atoms with Crippen LogP contribution in [0.1, 0.15) is 20.8 Å². The molecule has 20 heavy (non-hydrogen) atoms. The summed E-state index contributed by atoms with van der Waals surface area (Å²) in [6.07, 6.45) is -0.672. The monoisotopic (exact) mass is 281 g/mol. The van der Waals surface area contributed by atoms with Gasteiger partial charge < -0.3 is 19.5 Å². The number of para-hydroxylation sites is 2. The van der Waals surface area contributed by atoms with Gasteiger partial charge in [0.2, 0.25) is 0 Å². The summed E-state index contributed by atoms with van der Waals surface area (Å²) in [5.74, 6) is 0.129. The third-order valence-corrected chi connectivity index (χ3v) is 2.07. The number of nitrogens with one attached hydrogen (secondary N) is 1. The Morgan fingerprint density at radius 3 is 2.30 bits per heavy atom. The highest BCUT2D eigenvalue weighted by Crippen LogP contribution is 2.25.